The molecule has 1 aromatic rings. The van der Waals surface area contributed by atoms with Crippen molar-refractivity contribution in [3.8, 4) is 17.6 Å². The summed E-state index contributed by atoms with van der Waals surface area (Å²) < 4.78 is 10.9. The van der Waals surface area contributed by atoms with E-state index in [1.807, 2.05) is 25.1 Å². The van der Waals surface area contributed by atoms with Crippen molar-refractivity contribution in [2.45, 2.75) is 38.6 Å². The Morgan fingerprint density at radius 1 is 1.19 bits per heavy atom. The highest BCUT2D eigenvalue weighted by atomic mass is 16.5. The fourth-order valence-corrected chi connectivity index (χ4v) is 2.85. The van der Waals surface area contributed by atoms with Crippen molar-refractivity contribution in [2.24, 2.45) is 0 Å². The van der Waals surface area contributed by atoms with E-state index in [9.17, 15) is 5.26 Å². The number of hydrogen-bond acceptors (Lipinski definition) is 4. The molecule has 1 fully saturated rings. The van der Waals surface area contributed by atoms with Gasteiger partial charge < -0.3 is 9.47 Å². The van der Waals surface area contributed by atoms with E-state index in [0.29, 0.717) is 18.1 Å². The highest BCUT2D eigenvalue weighted by Gasteiger charge is 2.22. The lowest BCUT2D eigenvalue weighted by Crippen LogP contribution is -2.28. The molecule has 4 heteroatoms. The number of rotatable bonds is 5. The molecule has 0 aliphatic carbocycles. The van der Waals surface area contributed by atoms with E-state index >= 15 is 0 Å². The number of nitrogens with zero attached hydrogens (tertiary/aromatic N) is 2. The molecule has 1 atom stereocenters. The fraction of sp³-hybridized carbons (Fsp3) is 0.588. The number of likely N-dealkylation sites (tertiary alicyclic amines) is 1. The molecule has 1 aliphatic heterocycles. The van der Waals surface area contributed by atoms with E-state index < -0.39 is 0 Å². The number of ether oxygens (including phenoxy) is 2. The van der Waals surface area contributed by atoms with Gasteiger partial charge in [-0.05, 0) is 50.6 Å². The van der Waals surface area contributed by atoms with E-state index in [0.717, 1.165) is 18.7 Å². The molecule has 1 aromatic carbocycles. The molecule has 4 nitrogen and oxygen atoms in total. The van der Waals surface area contributed by atoms with Crippen LogP contribution in [-0.4, -0.2) is 31.7 Å². The summed E-state index contributed by atoms with van der Waals surface area (Å²) in [4.78, 5) is 2.28. The Kier molecular flexibility index (Phi) is 5.89. The monoisotopic (exact) mass is 288 g/mol. The average Bonchev–Trinajstić information content (AvgIpc) is 2.78. The van der Waals surface area contributed by atoms with Crippen molar-refractivity contribution in [3.63, 3.8) is 0 Å². The van der Waals surface area contributed by atoms with Crippen molar-refractivity contribution < 1.29 is 9.47 Å². The Balaban J connectivity index is 2.24. The van der Waals surface area contributed by atoms with Crippen LogP contribution < -0.4 is 9.47 Å². The molecule has 1 heterocycles. The molecule has 0 saturated carbocycles. The standard InChI is InChI=1S/C17H24N2O2/c1-3-21-17-12-14(8-9-16(17)20-2)15(13-18)19-10-6-4-5-7-11-19/h8-9,12,15H,3-7,10-11H2,1-2H3/t15-/m0/s1. The van der Waals surface area contributed by atoms with Gasteiger partial charge in [-0.15, -0.1) is 0 Å². The Bertz CT molecular complexity index is 488. The third kappa shape index (κ3) is 3.89. The summed E-state index contributed by atoms with van der Waals surface area (Å²) in [5.41, 5.74) is 0.989. The SMILES string of the molecule is CCOc1cc([C@H](C#N)N2CCCCCC2)ccc1OC. The first kappa shape index (κ1) is 15.7. The van der Waals surface area contributed by atoms with Crippen LogP contribution in [0, 0.1) is 11.3 Å². The van der Waals surface area contributed by atoms with E-state index in [1.165, 1.54) is 25.7 Å². The van der Waals surface area contributed by atoms with Crippen molar-refractivity contribution in [2.75, 3.05) is 26.8 Å². The maximum atomic E-state index is 9.61. The molecule has 21 heavy (non-hydrogen) atoms. The first-order valence-electron chi connectivity index (χ1n) is 7.74. The zero-order valence-electron chi connectivity index (χ0n) is 13.0. The fourth-order valence-electron chi connectivity index (χ4n) is 2.85. The largest absolute Gasteiger partial charge is 0.493 e. The molecule has 1 saturated heterocycles. The van der Waals surface area contributed by atoms with E-state index in [1.54, 1.807) is 7.11 Å². The number of benzene rings is 1. The second-order valence-electron chi connectivity index (χ2n) is 5.33. The average molecular weight is 288 g/mol. The van der Waals surface area contributed by atoms with Crippen LogP contribution >= 0.6 is 0 Å². The quantitative estimate of drug-likeness (QED) is 0.831. The minimum Gasteiger partial charge on any atom is -0.493 e. The van der Waals surface area contributed by atoms with Gasteiger partial charge in [0.05, 0.1) is 19.8 Å². The van der Waals surface area contributed by atoms with E-state index in [2.05, 4.69) is 11.0 Å². The molecule has 0 bridgehead atoms. The van der Waals surface area contributed by atoms with Gasteiger partial charge in [-0.25, -0.2) is 0 Å². The van der Waals surface area contributed by atoms with Gasteiger partial charge in [0.15, 0.2) is 11.5 Å². The van der Waals surface area contributed by atoms with E-state index in [-0.39, 0.29) is 6.04 Å². The van der Waals surface area contributed by atoms with E-state index in [4.69, 9.17) is 9.47 Å². The molecule has 0 unspecified atom stereocenters. The summed E-state index contributed by atoms with van der Waals surface area (Å²) in [5, 5.41) is 9.61. The Labute approximate surface area is 127 Å². The third-order valence-electron chi connectivity index (χ3n) is 3.93. The van der Waals surface area contributed by atoms with Crippen LogP contribution in [0.4, 0.5) is 0 Å². The first-order valence-corrected chi connectivity index (χ1v) is 7.74. The van der Waals surface area contributed by atoms with Gasteiger partial charge in [0.2, 0.25) is 0 Å². The van der Waals surface area contributed by atoms with Crippen molar-refractivity contribution in [1.29, 1.82) is 5.26 Å². The Morgan fingerprint density at radius 2 is 1.90 bits per heavy atom. The second kappa shape index (κ2) is 7.90. The summed E-state index contributed by atoms with van der Waals surface area (Å²) in [6.07, 6.45) is 4.88. The summed E-state index contributed by atoms with van der Waals surface area (Å²) in [7, 11) is 1.63. The minimum atomic E-state index is -0.201. The smallest absolute Gasteiger partial charge is 0.161 e. The van der Waals surface area contributed by atoms with Crippen LogP contribution in [0.3, 0.4) is 0 Å². The number of hydrogen-bond donors (Lipinski definition) is 0. The lowest BCUT2D eigenvalue weighted by atomic mass is 10.1. The predicted octanol–water partition coefficient (Wildman–Crippen LogP) is 3.53. The zero-order chi connectivity index (χ0) is 15.1. The summed E-state index contributed by atoms with van der Waals surface area (Å²) >= 11 is 0. The summed E-state index contributed by atoms with van der Waals surface area (Å²) in [6.45, 7) is 4.52. The van der Waals surface area contributed by atoms with Gasteiger partial charge in [0.1, 0.15) is 6.04 Å². The van der Waals surface area contributed by atoms with Gasteiger partial charge in [0, 0.05) is 0 Å². The molecular formula is C17H24N2O2. The normalized spacial score (nSPS) is 17.6. The lowest BCUT2D eigenvalue weighted by molar-refractivity contribution is 0.244. The molecule has 2 rings (SSSR count). The molecule has 0 radical (unpaired) electrons. The van der Waals surface area contributed by atoms with Crippen LogP contribution in [0.25, 0.3) is 0 Å². The molecule has 0 amide bonds. The van der Waals surface area contributed by atoms with Crippen molar-refractivity contribution in [3.05, 3.63) is 23.8 Å². The minimum absolute atomic E-state index is 0.201. The number of nitriles is 1. The molecule has 0 N–H and O–H groups in total. The molecule has 114 valence electrons. The Hall–Kier alpha value is -1.73. The second-order valence-corrected chi connectivity index (χ2v) is 5.33. The zero-order valence-corrected chi connectivity index (χ0v) is 13.0. The van der Waals surface area contributed by atoms with Gasteiger partial charge in [-0.1, -0.05) is 18.9 Å². The number of methoxy groups -OCH3 is 1. The molecule has 0 aromatic heterocycles. The molecule has 1 aliphatic rings. The predicted molar refractivity (Wildman–Crippen MR) is 82.6 cm³/mol. The highest BCUT2D eigenvalue weighted by Crippen LogP contribution is 2.32. The van der Waals surface area contributed by atoms with Crippen LogP contribution in [0.2, 0.25) is 0 Å². The van der Waals surface area contributed by atoms with Crippen LogP contribution in [-0.2, 0) is 0 Å². The van der Waals surface area contributed by atoms with Crippen LogP contribution in [0.5, 0.6) is 11.5 Å². The highest BCUT2D eigenvalue weighted by molar-refractivity contribution is 5.44. The van der Waals surface area contributed by atoms with Gasteiger partial charge in [-0.2, -0.15) is 5.26 Å². The summed E-state index contributed by atoms with van der Waals surface area (Å²) in [6, 6.07) is 8.06. The van der Waals surface area contributed by atoms with Gasteiger partial charge >= 0.3 is 0 Å². The van der Waals surface area contributed by atoms with Crippen LogP contribution in [0.15, 0.2) is 18.2 Å². The maximum absolute atomic E-state index is 9.61. The van der Waals surface area contributed by atoms with Gasteiger partial charge in [-0.3, -0.25) is 4.90 Å². The molecular weight excluding hydrogens is 264 g/mol. The van der Waals surface area contributed by atoms with Crippen LogP contribution in [0.1, 0.15) is 44.2 Å². The van der Waals surface area contributed by atoms with Crippen molar-refractivity contribution in [1.82, 2.24) is 4.90 Å². The third-order valence-corrected chi connectivity index (χ3v) is 3.93. The molecule has 0 spiro atoms. The van der Waals surface area contributed by atoms with Gasteiger partial charge in [0.25, 0.3) is 0 Å². The topological polar surface area (TPSA) is 45.5 Å². The summed E-state index contributed by atoms with van der Waals surface area (Å²) in [5.74, 6) is 1.43. The first-order chi connectivity index (χ1) is 10.3. The van der Waals surface area contributed by atoms with Crippen molar-refractivity contribution >= 4 is 0 Å². The maximum Gasteiger partial charge on any atom is 0.161 e. The lowest BCUT2D eigenvalue weighted by Gasteiger charge is -2.26. The Morgan fingerprint density at radius 3 is 2.48 bits per heavy atom.